The van der Waals surface area contributed by atoms with Gasteiger partial charge in [-0.3, -0.25) is 0 Å². The van der Waals surface area contributed by atoms with Crippen molar-refractivity contribution in [2.75, 3.05) is 7.11 Å². The number of alkyl halides is 1. The summed E-state index contributed by atoms with van der Waals surface area (Å²) in [6.07, 6.45) is 4.13. The monoisotopic (exact) mass is 250 g/mol. The van der Waals surface area contributed by atoms with E-state index >= 15 is 0 Å². The Bertz CT molecular complexity index is 148. The second-order valence-electron chi connectivity index (χ2n) is 3.89. The summed E-state index contributed by atoms with van der Waals surface area (Å²) in [6, 6.07) is 0. The van der Waals surface area contributed by atoms with Crippen LogP contribution < -0.4 is 0 Å². The molecule has 0 bridgehead atoms. The van der Waals surface area contributed by atoms with Crippen LogP contribution in [0.1, 0.15) is 32.6 Å². The van der Waals surface area contributed by atoms with Gasteiger partial charge in [0, 0.05) is 17.9 Å². The van der Waals surface area contributed by atoms with E-state index in [1.165, 1.54) is 12.8 Å². The topological polar surface area (TPSA) is 29.5 Å². The smallest absolute Gasteiger partial charge is 0.158 e. The highest BCUT2D eigenvalue weighted by molar-refractivity contribution is 9.09. The number of hydrogen-bond acceptors (Lipinski definition) is 2. The Hall–Kier alpha value is 0.400. The molecule has 1 N–H and O–H groups in total. The molecule has 13 heavy (non-hydrogen) atoms. The second-order valence-corrected chi connectivity index (χ2v) is 5.07. The van der Waals surface area contributed by atoms with Crippen LogP contribution in [-0.2, 0) is 4.74 Å². The first-order chi connectivity index (χ1) is 6.19. The van der Waals surface area contributed by atoms with Crippen molar-refractivity contribution in [1.82, 2.24) is 0 Å². The molecule has 0 aliphatic heterocycles. The molecule has 1 fully saturated rings. The van der Waals surface area contributed by atoms with Gasteiger partial charge in [0.05, 0.1) is 0 Å². The van der Waals surface area contributed by atoms with E-state index < -0.39 is 6.29 Å². The first kappa shape index (κ1) is 11.5. The van der Waals surface area contributed by atoms with E-state index in [9.17, 15) is 5.11 Å². The summed E-state index contributed by atoms with van der Waals surface area (Å²) >= 11 is 3.61. The van der Waals surface area contributed by atoms with Crippen LogP contribution in [0.3, 0.4) is 0 Å². The van der Waals surface area contributed by atoms with Gasteiger partial charge in [0.2, 0.25) is 0 Å². The lowest BCUT2D eigenvalue weighted by atomic mass is 9.80. The lowest BCUT2D eigenvalue weighted by molar-refractivity contribution is -0.122. The number of hydrogen-bond donors (Lipinski definition) is 1. The minimum absolute atomic E-state index is 0.267. The Kier molecular flexibility index (Phi) is 4.70. The van der Waals surface area contributed by atoms with E-state index in [0.29, 0.717) is 4.83 Å². The molecule has 4 atom stereocenters. The van der Waals surface area contributed by atoms with Crippen LogP contribution >= 0.6 is 15.9 Å². The van der Waals surface area contributed by atoms with Gasteiger partial charge in [-0.1, -0.05) is 29.3 Å². The third-order valence-electron chi connectivity index (χ3n) is 3.11. The van der Waals surface area contributed by atoms with Gasteiger partial charge < -0.3 is 9.84 Å². The average Bonchev–Trinajstić information content (AvgIpc) is 2.17. The quantitative estimate of drug-likeness (QED) is 0.617. The highest BCUT2D eigenvalue weighted by Crippen LogP contribution is 2.37. The molecular weight excluding hydrogens is 232 g/mol. The summed E-state index contributed by atoms with van der Waals surface area (Å²) in [4.78, 5) is 0.422. The van der Waals surface area contributed by atoms with Crippen LogP contribution in [0, 0.1) is 11.8 Å². The standard InChI is InChI=1S/C10H19BrO2/c1-3-7-4-5-9(11)8(6-7)10(12)13-2/h7-10,12H,3-6H2,1-2H3/t7?,8?,9-,10?/m0/s1. The van der Waals surface area contributed by atoms with E-state index in [1.54, 1.807) is 7.11 Å². The number of methoxy groups -OCH3 is 1. The molecule has 0 aromatic heterocycles. The predicted molar refractivity (Wildman–Crippen MR) is 56.9 cm³/mol. The largest absolute Gasteiger partial charge is 0.368 e. The summed E-state index contributed by atoms with van der Waals surface area (Å²) in [7, 11) is 1.57. The summed E-state index contributed by atoms with van der Waals surface area (Å²) in [6.45, 7) is 2.22. The zero-order chi connectivity index (χ0) is 9.84. The van der Waals surface area contributed by atoms with E-state index in [1.807, 2.05) is 0 Å². The van der Waals surface area contributed by atoms with Crippen molar-refractivity contribution in [2.45, 2.75) is 43.7 Å². The van der Waals surface area contributed by atoms with Gasteiger partial charge >= 0.3 is 0 Å². The molecule has 0 saturated heterocycles. The molecule has 78 valence electrons. The zero-order valence-corrected chi connectivity index (χ0v) is 9.96. The fourth-order valence-corrected chi connectivity index (χ4v) is 2.84. The van der Waals surface area contributed by atoms with Crippen LogP contribution in [0.4, 0.5) is 0 Å². The van der Waals surface area contributed by atoms with Crippen molar-refractivity contribution in [3.8, 4) is 0 Å². The fraction of sp³-hybridized carbons (Fsp3) is 1.00. The van der Waals surface area contributed by atoms with Gasteiger partial charge in [0.25, 0.3) is 0 Å². The number of halogens is 1. The number of ether oxygens (including phenoxy) is 1. The highest BCUT2D eigenvalue weighted by atomic mass is 79.9. The van der Waals surface area contributed by atoms with Gasteiger partial charge in [0.15, 0.2) is 6.29 Å². The van der Waals surface area contributed by atoms with Crippen molar-refractivity contribution >= 4 is 15.9 Å². The first-order valence-corrected chi connectivity index (χ1v) is 5.95. The Morgan fingerprint density at radius 3 is 2.77 bits per heavy atom. The molecule has 1 aliphatic rings. The summed E-state index contributed by atoms with van der Waals surface area (Å²) in [5.74, 6) is 1.03. The van der Waals surface area contributed by atoms with Gasteiger partial charge in [-0.15, -0.1) is 0 Å². The normalized spacial score (nSPS) is 37.4. The lowest BCUT2D eigenvalue weighted by Gasteiger charge is -2.34. The van der Waals surface area contributed by atoms with Crippen molar-refractivity contribution in [1.29, 1.82) is 0 Å². The van der Waals surface area contributed by atoms with Crippen LogP contribution in [-0.4, -0.2) is 23.3 Å². The van der Waals surface area contributed by atoms with Crippen molar-refractivity contribution in [3.05, 3.63) is 0 Å². The van der Waals surface area contributed by atoms with Crippen LogP contribution in [0.15, 0.2) is 0 Å². The average molecular weight is 251 g/mol. The molecule has 0 aromatic rings. The van der Waals surface area contributed by atoms with E-state index in [4.69, 9.17) is 4.74 Å². The van der Waals surface area contributed by atoms with Crippen LogP contribution in [0.2, 0.25) is 0 Å². The maximum atomic E-state index is 9.61. The van der Waals surface area contributed by atoms with E-state index in [2.05, 4.69) is 22.9 Å². The van der Waals surface area contributed by atoms with Gasteiger partial charge in [0.1, 0.15) is 0 Å². The molecule has 0 heterocycles. The molecule has 2 nitrogen and oxygen atoms in total. The molecular formula is C10H19BrO2. The molecule has 0 amide bonds. The van der Waals surface area contributed by atoms with E-state index in [-0.39, 0.29) is 5.92 Å². The molecule has 1 saturated carbocycles. The van der Waals surface area contributed by atoms with Gasteiger partial charge in [-0.2, -0.15) is 0 Å². The molecule has 0 aromatic carbocycles. The molecule has 1 aliphatic carbocycles. The number of rotatable bonds is 3. The molecule has 1 rings (SSSR count). The number of aliphatic hydroxyl groups is 1. The summed E-state index contributed by atoms with van der Waals surface area (Å²) in [5.41, 5.74) is 0. The Labute approximate surface area is 88.8 Å². The first-order valence-electron chi connectivity index (χ1n) is 5.04. The Morgan fingerprint density at radius 2 is 2.23 bits per heavy atom. The minimum Gasteiger partial charge on any atom is -0.368 e. The van der Waals surface area contributed by atoms with Crippen molar-refractivity contribution < 1.29 is 9.84 Å². The summed E-state index contributed by atoms with van der Waals surface area (Å²) < 4.78 is 4.98. The van der Waals surface area contributed by atoms with Crippen LogP contribution in [0.25, 0.3) is 0 Å². The molecule has 3 unspecified atom stereocenters. The molecule has 3 heteroatoms. The van der Waals surface area contributed by atoms with Crippen LogP contribution in [0.5, 0.6) is 0 Å². The predicted octanol–water partition coefficient (Wildman–Crippen LogP) is 2.54. The maximum Gasteiger partial charge on any atom is 0.158 e. The second kappa shape index (κ2) is 5.32. The minimum atomic E-state index is -0.598. The fourth-order valence-electron chi connectivity index (χ4n) is 2.10. The lowest BCUT2D eigenvalue weighted by Crippen LogP contribution is -2.35. The third-order valence-corrected chi connectivity index (χ3v) is 4.24. The SMILES string of the molecule is CCC1CC[C@H](Br)C(C(O)OC)C1. The number of aliphatic hydroxyl groups excluding tert-OH is 1. The van der Waals surface area contributed by atoms with Gasteiger partial charge in [-0.25, -0.2) is 0 Å². The molecule has 0 spiro atoms. The zero-order valence-electron chi connectivity index (χ0n) is 8.37. The highest BCUT2D eigenvalue weighted by Gasteiger charge is 2.32. The third kappa shape index (κ3) is 2.93. The van der Waals surface area contributed by atoms with Crippen molar-refractivity contribution in [3.63, 3.8) is 0 Å². The van der Waals surface area contributed by atoms with Crippen molar-refractivity contribution in [2.24, 2.45) is 11.8 Å². The Morgan fingerprint density at radius 1 is 1.54 bits per heavy atom. The molecule has 0 radical (unpaired) electrons. The van der Waals surface area contributed by atoms with E-state index in [0.717, 1.165) is 18.8 Å². The van der Waals surface area contributed by atoms with Gasteiger partial charge in [-0.05, 0) is 25.2 Å². The summed E-state index contributed by atoms with van der Waals surface area (Å²) in [5, 5.41) is 9.61. The maximum absolute atomic E-state index is 9.61. The Balaban J connectivity index is 2.49.